The Balaban J connectivity index is 1.33. The van der Waals surface area contributed by atoms with E-state index in [9.17, 15) is 4.79 Å². The van der Waals surface area contributed by atoms with Crippen molar-refractivity contribution in [3.05, 3.63) is 120 Å². The maximum Gasteiger partial charge on any atom is 0.220 e. The second-order valence-corrected chi connectivity index (χ2v) is 12.4. The van der Waals surface area contributed by atoms with Crippen molar-refractivity contribution < 1.29 is 9.37 Å². The van der Waals surface area contributed by atoms with E-state index in [4.69, 9.17) is 5.73 Å². The van der Waals surface area contributed by atoms with Gasteiger partial charge in [0.2, 0.25) is 11.6 Å². The van der Waals surface area contributed by atoms with E-state index in [1.54, 1.807) is 0 Å². The number of carbonyl (C=O) groups is 1. The van der Waals surface area contributed by atoms with Crippen molar-refractivity contribution in [2.45, 2.75) is 44.9 Å². The molecule has 5 aromatic rings. The Hall–Kier alpha value is -4.74. The van der Waals surface area contributed by atoms with E-state index in [1.807, 2.05) is 6.07 Å². The molecule has 1 aliphatic rings. The summed E-state index contributed by atoms with van der Waals surface area (Å²) in [7, 11) is 0. The van der Waals surface area contributed by atoms with Crippen LogP contribution in [0.4, 0.5) is 17.1 Å². The smallest absolute Gasteiger partial charge is 0.220 e. The third-order valence-corrected chi connectivity index (χ3v) is 8.93. The molecule has 0 spiro atoms. The fraction of sp³-hybridized carbons (Fsp3) is 0.250. The van der Waals surface area contributed by atoms with Gasteiger partial charge in [0, 0.05) is 55.0 Å². The van der Waals surface area contributed by atoms with Gasteiger partial charge in [-0.1, -0.05) is 66.7 Å². The maximum atomic E-state index is 12.1. The lowest BCUT2D eigenvalue weighted by molar-refractivity contribution is -0.438. The van der Waals surface area contributed by atoms with Crippen LogP contribution in [0, 0.1) is 0 Å². The Morgan fingerprint density at radius 1 is 0.778 bits per heavy atom. The van der Waals surface area contributed by atoms with Crippen molar-refractivity contribution in [2.24, 2.45) is 5.73 Å². The Kier molecular flexibility index (Phi) is 9.08. The Morgan fingerprint density at radius 2 is 1.51 bits per heavy atom. The Labute approximate surface area is 266 Å². The predicted molar refractivity (Wildman–Crippen MR) is 190 cm³/mol. The van der Waals surface area contributed by atoms with Crippen LogP contribution in [0.5, 0.6) is 0 Å². The molecule has 5 aromatic carbocycles. The van der Waals surface area contributed by atoms with Gasteiger partial charge in [-0.05, 0) is 90.2 Å². The summed E-state index contributed by atoms with van der Waals surface area (Å²) in [6.45, 7) is 6.57. The van der Waals surface area contributed by atoms with Gasteiger partial charge in [0.25, 0.3) is 0 Å². The van der Waals surface area contributed by atoms with Gasteiger partial charge in [0.1, 0.15) is 6.54 Å². The molecule has 0 fully saturated rings. The molecule has 5 heteroatoms. The minimum atomic E-state index is -0.199. The number of para-hydroxylation sites is 1. The maximum absolute atomic E-state index is 12.1. The minimum absolute atomic E-state index is 0.0874. The SMILES string of the molecule is CC1(C)C(/C=C/c2cc3ccccc3c3ccccc23)=[N+](CCCCCC(=O)NCCN)c2ccc(Nc3ccccc3)cc21. The molecule has 1 aliphatic heterocycles. The predicted octanol–water partition coefficient (Wildman–Crippen LogP) is 8.46. The average molecular weight is 596 g/mol. The van der Waals surface area contributed by atoms with Gasteiger partial charge < -0.3 is 16.4 Å². The van der Waals surface area contributed by atoms with Gasteiger partial charge in [-0.15, -0.1) is 0 Å². The molecule has 0 saturated heterocycles. The Morgan fingerprint density at radius 3 is 2.31 bits per heavy atom. The van der Waals surface area contributed by atoms with E-state index in [0.717, 1.165) is 37.2 Å². The highest BCUT2D eigenvalue weighted by molar-refractivity contribution is 6.12. The third-order valence-electron chi connectivity index (χ3n) is 8.93. The molecule has 4 N–H and O–H groups in total. The summed E-state index contributed by atoms with van der Waals surface area (Å²) < 4.78 is 2.50. The van der Waals surface area contributed by atoms with Crippen LogP contribution >= 0.6 is 0 Å². The number of hydrogen-bond donors (Lipinski definition) is 3. The Bertz CT molecular complexity index is 1890. The highest BCUT2D eigenvalue weighted by atomic mass is 16.1. The normalized spacial score (nSPS) is 13.9. The molecule has 0 atom stereocenters. The molecule has 0 saturated carbocycles. The molecule has 1 heterocycles. The van der Waals surface area contributed by atoms with E-state index in [1.165, 1.54) is 44.1 Å². The van der Waals surface area contributed by atoms with Crippen LogP contribution in [0.25, 0.3) is 27.6 Å². The first kappa shape index (κ1) is 30.3. The van der Waals surface area contributed by atoms with Crippen LogP contribution in [-0.4, -0.2) is 35.8 Å². The summed E-state index contributed by atoms with van der Waals surface area (Å²) in [5, 5.41) is 11.5. The van der Waals surface area contributed by atoms with Crippen molar-refractivity contribution in [3.8, 4) is 0 Å². The zero-order valence-electron chi connectivity index (χ0n) is 26.4. The first-order valence-electron chi connectivity index (χ1n) is 16.1. The van der Waals surface area contributed by atoms with Crippen LogP contribution in [0.3, 0.4) is 0 Å². The fourth-order valence-corrected chi connectivity index (χ4v) is 6.60. The number of fused-ring (bicyclic) bond motifs is 4. The summed E-state index contributed by atoms with van der Waals surface area (Å²) >= 11 is 0. The molecule has 228 valence electrons. The fourth-order valence-electron chi connectivity index (χ4n) is 6.60. The monoisotopic (exact) mass is 595 g/mol. The molecule has 1 amide bonds. The van der Waals surface area contributed by atoms with Gasteiger partial charge in [-0.2, -0.15) is 4.58 Å². The first-order chi connectivity index (χ1) is 22.0. The molecule has 45 heavy (non-hydrogen) atoms. The van der Waals surface area contributed by atoms with Gasteiger partial charge in [0.15, 0.2) is 5.71 Å². The number of nitrogens with two attached hydrogens (primary N) is 1. The van der Waals surface area contributed by atoms with Crippen molar-refractivity contribution in [3.63, 3.8) is 0 Å². The number of nitrogens with one attached hydrogen (secondary N) is 2. The van der Waals surface area contributed by atoms with E-state index < -0.39 is 0 Å². The number of hydrogen-bond acceptors (Lipinski definition) is 3. The highest BCUT2D eigenvalue weighted by Gasteiger charge is 2.44. The lowest BCUT2D eigenvalue weighted by atomic mass is 9.81. The number of benzene rings is 5. The van der Waals surface area contributed by atoms with E-state index >= 15 is 0 Å². The number of anilines is 2. The molecule has 6 rings (SSSR count). The van der Waals surface area contributed by atoms with Crippen LogP contribution in [0.15, 0.2) is 109 Å². The van der Waals surface area contributed by atoms with Crippen LogP contribution < -0.4 is 16.4 Å². The number of nitrogens with zero attached hydrogens (tertiary/aromatic N) is 1. The van der Waals surface area contributed by atoms with E-state index in [0.29, 0.717) is 19.5 Å². The zero-order chi connectivity index (χ0) is 31.2. The minimum Gasteiger partial charge on any atom is -0.356 e. The van der Waals surface area contributed by atoms with Gasteiger partial charge in [-0.3, -0.25) is 4.79 Å². The number of amides is 1. The van der Waals surface area contributed by atoms with Crippen molar-refractivity contribution in [1.29, 1.82) is 0 Å². The standard InChI is InChI=1S/C40H42N4O/c1-40(2)36-28-32(43-31-14-5-3-6-15-31)21-22-37(36)44(26-12-4-7-19-39(45)42-25-24-41)38(40)23-20-30-27-29-13-8-9-16-33(29)35-18-11-10-17-34(30)35/h3,5-6,8-11,13-18,20-23,27-28,43H,4,7,12,19,24-26,41H2,1-2H3/p+1/b23-20+. The quantitative estimate of drug-likeness (QED) is 0.0770. The van der Waals surface area contributed by atoms with Gasteiger partial charge >= 0.3 is 0 Å². The van der Waals surface area contributed by atoms with Gasteiger partial charge in [0.05, 0.1) is 5.41 Å². The molecule has 0 unspecified atom stereocenters. The van der Waals surface area contributed by atoms with E-state index in [2.05, 4.69) is 138 Å². The largest absolute Gasteiger partial charge is 0.356 e. The second-order valence-electron chi connectivity index (χ2n) is 12.4. The molecule has 0 aromatic heterocycles. The highest BCUT2D eigenvalue weighted by Crippen LogP contribution is 2.42. The van der Waals surface area contributed by atoms with Crippen molar-refractivity contribution >= 4 is 56.3 Å². The van der Waals surface area contributed by atoms with Crippen LogP contribution in [0.1, 0.15) is 50.7 Å². The summed E-state index contributed by atoms with van der Waals surface area (Å²) in [4.78, 5) is 12.1. The first-order valence-corrected chi connectivity index (χ1v) is 16.1. The second kappa shape index (κ2) is 13.5. The van der Waals surface area contributed by atoms with Crippen molar-refractivity contribution in [2.75, 3.05) is 25.0 Å². The average Bonchev–Trinajstić information content (AvgIpc) is 3.27. The van der Waals surface area contributed by atoms with Crippen LogP contribution in [-0.2, 0) is 10.2 Å². The number of rotatable bonds is 12. The van der Waals surface area contributed by atoms with E-state index in [-0.39, 0.29) is 11.3 Å². The summed E-state index contributed by atoms with van der Waals surface area (Å²) in [5.74, 6) is 0.0874. The molecule has 0 aliphatic carbocycles. The molecule has 0 bridgehead atoms. The lowest BCUT2D eigenvalue weighted by Gasteiger charge is -2.17. The summed E-state index contributed by atoms with van der Waals surface area (Å²) in [6, 6.07) is 36.7. The molecule has 0 radical (unpaired) electrons. The third kappa shape index (κ3) is 6.54. The molecular formula is C40H43N4O+. The van der Waals surface area contributed by atoms with Gasteiger partial charge in [-0.25, -0.2) is 0 Å². The number of unbranched alkanes of at least 4 members (excludes halogenated alkanes) is 2. The molecular weight excluding hydrogens is 552 g/mol. The van der Waals surface area contributed by atoms with Crippen LogP contribution in [0.2, 0.25) is 0 Å². The number of carbonyl (C=O) groups excluding carboxylic acids is 1. The van der Waals surface area contributed by atoms with Crippen molar-refractivity contribution in [1.82, 2.24) is 5.32 Å². The summed E-state index contributed by atoms with van der Waals surface area (Å²) in [6.07, 6.45) is 8.04. The number of allylic oxidation sites excluding steroid dienone is 1. The zero-order valence-corrected chi connectivity index (χ0v) is 26.4. The topological polar surface area (TPSA) is 70.2 Å². The lowest BCUT2D eigenvalue weighted by Crippen LogP contribution is -2.28. The molecule has 5 nitrogen and oxygen atoms in total. The summed E-state index contributed by atoms with van der Waals surface area (Å²) in [5.41, 5.74) is 12.6.